The van der Waals surface area contributed by atoms with Crippen molar-refractivity contribution in [2.24, 2.45) is 0 Å². The molecule has 0 saturated heterocycles. The summed E-state index contributed by atoms with van der Waals surface area (Å²) in [4.78, 5) is 12.0. The Labute approximate surface area is 113 Å². The van der Waals surface area contributed by atoms with E-state index >= 15 is 0 Å². The van der Waals surface area contributed by atoms with Crippen LogP contribution < -0.4 is 5.32 Å². The van der Waals surface area contributed by atoms with Crippen LogP contribution in [0.4, 0.5) is 0 Å². The fourth-order valence-corrected chi connectivity index (χ4v) is 3.08. The first-order valence-corrected chi connectivity index (χ1v) is 7.89. The van der Waals surface area contributed by atoms with E-state index in [0.29, 0.717) is 5.56 Å². The van der Waals surface area contributed by atoms with Crippen molar-refractivity contribution in [3.05, 3.63) is 35.9 Å². The summed E-state index contributed by atoms with van der Waals surface area (Å²) in [7, 11) is -3.32. The van der Waals surface area contributed by atoms with E-state index in [-0.39, 0.29) is 19.1 Å². The van der Waals surface area contributed by atoms with Crippen LogP contribution in [0.25, 0.3) is 0 Å². The highest BCUT2D eigenvalue weighted by Crippen LogP contribution is 2.51. The Balaban J connectivity index is 2.74. The SMILES string of the molecule is CCOP(=O)(OCC)[C@@H](C)NC(=O)c1ccccc1. The molecule has 1 aromatic carbocycles. The molecule has 1 atom stereocenters. The molecule has 0 aromatic heterocycles. The Hall–Kier alpha value is -1.16. The van der Waals surface area contributed by atoms with Gasteiger partial charge in [0.1, 0.15) is 5.78 Å². The molecule has 5 nitrogen and oxygen atoms in total. The largest absolute Gasteiger partial charge is 0.352 e. The van der Waals surface area contributed by atoms with Crippen molar-refractivity contribution in [1.82, 2.24) is 5.32 Å². The summed E-state index contributed by atoms with van der Waals surface area (Å²) in [5, 5.41) is 2.65. The first kappa shape index (κ1) is 15.9. The van der Waals surface area contributed by atoms with Crippen molar-refractivity contribution < 1.29 is 18.4 Å². The van der Waals surface area contributed by atoms with E-state index < -0.39 is 13.4 Å². The second-order valence-electron chi connectivity index (χ2n) is 3.89. The molecule has 1 N–H and O–H groups in total. The Morgan fingerprint density at radius 1 is 1.21 bits per heavy atom. The molecular weight excluding hydrogens is 265 g/mol. The zero-order valence-corrected chi connectivity index (χ0v) is 12.4. The van der Waals surface area contributed by atoms with Crippen molar-refractivity contribution in [2.45, 2.75) is 26.6 Å². The topological polar surface area (TPSA) is 64.6 Å². The van der Waals surface area contributed by atoms with Crippen LogP contribution in [0.5, 0.6) is 0 Å². The molecule has 0 aliphatic carbocycles. The van der Waals surface area contributed by atoms with E-state index in [1.54, 1.807) is 45.0 Å². The van der Waals surface area contributed by atoms with Crippen molar-refractivity contribution in [2.75, 3.05) is 13.2 Å². The van der Waals surface area contributed by atoms with Crippen LogP contribution in [0.3, 0.4) is 0 Å². The average Bonchev–Trinajstić information content (AvgIpc) is 2.40. The summed E-state index contributed by atoms with van der Waals surface area (Å²) in [6.45, 7) is 5.62. The summed E-state index contributed by atoms with van der Waals surface area (Å²) in [6.07, 6.45) is 0. The minimum absolute atomic E-state index is 0.267. The third-order valence-electron chi connectivity index (χ3n) is 2.47. The van der Waals surface area contributed by atoms with Crippen molar-refractivity contribution in [1.29, 1.82) is 0 Å². The van der Waals surface area contributed by atoms with E-state index in [1.165, 1.54) is 0 Å². The van der Waals surface area contributed by atoms with Gasteiger partial charge in [0, 0.05) is 5.56 Å². The first-order chi connectivity index (χ1) is 9.03. The molecule has 0 heterocycles. The van der Waals surface area contributed by atoms with Gasteiger partial charge in [0.05, 0.1) is 13.2 Å². The maximum atomic E-state index is 12.4. The lowest BCUT2D eigenvalue weighted by Crippen LogP contribution is -2.33. The number of carbonyl (C=O) groups excluding carboxylic acids is 1. The fraction of sp³-hybridized carbons (Fsp3) is 0.462. The Morgan fingerprint density at radius 3 is 2.21 bits per heavy atom. The molecule has 1 amide bonds. The number of amides is 1. The number of rotatable bonds is 7. The summed E-state index contributed by atoms with van der Waals surface area (Å²) in [5.41, 5.74) is 0.508. The molecule has 0 saturated carbocycles. The summed E-state index contributed by atoms with van der Waals surface area (Å²) in [6, 6.07) is 8.74. The van der Waals surface area contributed by atoms with Crippen LogP contribution in [0.2, 0.25) is 0 Å². The van der Waals surface area contributed by atoms with Gasteiger partial charge in [-0.2, -0.15) is 0 Å². The fourth-order valence-electron chi connectivity index (χ4n) is 1.56. The standard InChI is InChI=1S/C13H20NO4P/c1-4-17-19(16,18-5-2)11(3)14-13(15)12-9-7-6-8-10-12/h6-11H,4-5H2,1-3H3,(H,14,15)/t11-/m0/s1. The Bertz CT molecular complexity index is 439. The van der Waals surface area contributed by atoms with Crippen LogP contribution in [-0.4, -0.2) is 24.9 Å². The van der Waals surface area contributed by atoms with E-state index in [9.17, 15) is 9.36 Å². The molecule has 19 heavy (non-hydrogen) atoms. The molecule has 0 fully saturated rings. The normalized spacial score (nSPS) is 13.0. The van der Waals surface area contributed by atoms with Gasteiger partial charge in [-0.1, -0.05) is 18.2 Å². The van der Waals surface area contributed by atoms with E-state index in [1.807, 2.05) is 6.07 Å². The number of nitrogens with one attached hydrogen (secondary N) is 1. The van der Waals surface area contributed by atoms with E-state index in [0.717, 1.165) is 0 Å². The van der Waals surface area contributed by atoms with Crippen molar-refractivity contribution >= 4 is 13.5 Å². The zero-order chi connectivity index (χ0) is 14.3. The van der Waals surface area contributed by atoms with Crippen LogP contribution in [0, 0.1) is 0 Å². The van der Waals surface area contributed by atoms with Gasteiger partial charge in [0.15, 0.2) is 0 Å². The Kier molecular flexibility index (Phi) is 6.22. The summed E-state index contributed by atoms with van der Waals surface area (Å²) < 4.78 is 22.8. The van der Waals surface area contributed by atoms with Crippen molar-refractivity contribution in [3.8, 4) is 0 Å². The monoisotopic (exact) mass is 285 g/mol. The number of benzene rings is 1. The van der Waals surface area contributed by atoms with Gasteiger partial charge >= 0.3 is 7.60 Å². The van der Waals surface area contributed by atoms with Crippen LogP contribution in [0.1, 0.15) is 31.1 Å². The second kappa shape index (κ2) is 7.43. The molecule has 1 rings (SSSR count). The molecule has 0 aliphatic heterocycles. The van der Waals surface area contributed by atoms with Crippen molar-refractivity contribution in [3.63, 3.8) is 0 Å². The predicted octanol–water partition coefficient (Wildman–Crippen LogP) is 3.03. The van der Waals surface area contributed by atoms with E-state index in [4.69, 9.17) is 9.05 Å². The average molecular weight is 285 g/mol. The second-order valence-corrected chi connectivity index (χ2v) is 6.26. The van der Waals surface area contributed by atoms with Crippen LogP contribution in [-0.2, 0) is 13.6 Å². The van der Waals surface area contributed by atoms with Gasteiger partial charge in [0.2, 0.25) is 0 Å². The molecule has 0 bridgehead atoms. The maximum absolute atomic E-state index is 12.4. The minimum atomic E-state index is -3.32. The van der Waals surface area contributed by atoms with Gasteiger partial charge in [-0.15, -0.1) is 0 Å². The quantitative estimate of drug-likeness (QED) is 0.782. The molecule has 0 radical (unpaired) electrons. The third-order valence-corrected chi connectivity index (χ3v) is 4.78. The molecule has 6 heteroatoms. The van der Waals surface area contributed by atoms with Gasteiger partial charge in [-0.3, -0.25) is 9.36 Å². The first-order valence-electron chi connectivity index (χ1n) is 6.28. The molecule has 0 unspecified atom stereocenters. The molecular formula is C13H20NO4P. The highest BCUT2D eigenvalue weighted by Gasteiger charge is 2.33. The summed E-state index contributed by atoms with van der Waals surface area (Å²) in [5.74, 6) is -0.993. The highest BCUT2D eigenvalue weighted by atomic mass is 31.2. The lowest BCUT2D eigenvalue weighted by Gasteiger charge is -2.24. The number of hydrogen-bond acceptors (Lipinski definition) is 4. The molecule has 106 valence electrons. The molecule has 0 aliphatic rings. The minimum Gasteiger partial charge on any atom is -0.338 e. The number of carbonyl (C=O) groups is 1. The third kappa shape index (κ3) is 4.46. The predicted molar refractivity (Wildman–Crippen MR) is 74.2 cm³/mol. The lowest BCUT2D eigenvalue weighted by molar-refractivity contribution is 0.0940. The van der Waals surface area contributed by atoms with Gasteiger partial charge in [-0.25, -0.2) is 0 Å². The zero-order valence-electron chi connectivity index (χ0n) is 11.5. The van der Waals surface area contributed by atoms with Crippen LogP contribution in [0.15, 0.2) is 30.3 Å². The highest BCUT2D eigenvalue weighted by molar-refractivity contribution is 7.54. The van der Waals surface area contributed by atoms with E-state index in [2.05, 4.69) is 5.32 Å². The molecule has 0 spiro atoms. The van der Waals surface area contributed by atoms with Crippen LogP contribution >= 0.6 is 7.60 Å². The summed E-state index contributed by atoms with van der Waals surface area (Å²) >= 11 is 0. The van der Waals surface area contributed by atoms with Gasteiger partial charge < -0.3 is 14.4 Å². The maximum Gasteiger partial charge on any atom is 0.352 e. The number of hydrogen-bond donors (Lipinski definition) is 1. The smallest absolute Gasteiger partial charge is 0.338 e. The van der Waals surface area contributed by atoms with Gasteiger partial charge in [0.25, 0.3) is 5.91 Å². The Morgan fingerprint density at radius 2 is 1.74 bits per heavy atom. The molecule has 1 aromatic rings. The lowest BCUT2D eigenvalue weighted by atomic mass is 10.2. The van der Waals surface area contributed by atoms with Gasteiger partial charge in [-0.05, 0) is 32.9 Å².